The Morgan fingerprint density at radius 1 is 1.25 bits per heavy atom. The lowest BCUT2D eigenvalue weighted by Crippen LogP contribution is -2.26. The summed E-state index contributed by atoms with van der Waals surface area (Å²) in [4.78, 5) is 0. The molecule has 0 aromatic carbocycles. The normalized spacial score (nSPS) is 14.5. The van der Waals surface area contributed by atoms with Crippen molar-refractivity contribution in [3.05, 3.63) is 42.4 Å². The first-order valence-corrected chi connectivity index (χ1v) is 3.62. The van der Waals surface area contributed by atoms with Crippen molar-refractivity contribution in [3.63, 3.8) is 0 Å². The lowest BCUT2D eigenvalue weighted by Gasteiger charge is -2.12. The summed E-state index contributed by atoms with van der Waals surface area (Å²) >= 11 is 0. The first-order valence-electron chi connectivity index (χ1n) is 3.62. The summed E-state index contributed by atoms with van der Waals surface area (Å²) in [5.74, 6) is 0. The summed E-state index contributed by atoms with van der Waals surface area (Å²) in [7, 11) is 0. The molecule has 2 heterocycles. The molecule has 60 valence electrons. The molecule has 0 radical (unpaired) electrons. The average molecular weight is 160 g/mol. The highest BCUT2D eigenvalue weighted by atomic mass is 15.3. The van der Waals surface area contributed by atoms with Gasteiger partial charge in [-0.1, -0.05) is 0 Å². The molecule has 0 aliphatic carbocycles. The van der Waals surface area contributed by atoms with E-state index in [1.54, 1.807) is 12.4 Å². The molecule has 0 spiro atoms. The molecule has 0 saturated heterocycles. The van der Waals surface area contributed by atoms with Crippen LogP contribution in [0.25, 0.3) is 5.70 Å². The van der Waals surface area contributed by atoms with Crippen molar-refractivity contribution in [1.82, 2.24) is 21.0 Å². The molecule has 0 saturated carbocycles. The Labute approximate surface area is 70.0 Å². The van der Waals surface area contributed by atoms with Crippen LogP contribution in [0.4, 0.5) is 0 Å². The third-order valence-electron chi connectivity index (χ3n) is 1.54. The van der Waals surface area contributed by atoms with Crippen LogP contribution in [0.3, 0.4) is 0 Å². The number of nitrogens with one attached hydrogen (secondary N) is 2. The molecule has 1 aliphatic heterocycles. The van der Waals surface area contributed by atoms with Crippen molar-refractivity contribution < 1.29 is 0 Å². The Kier molecular flexibility index (Phi) is 1.74. The molecular formula is C8H8N4. The van der Waals surface area contributed by atoms with Gasteiger partial charge in [0.05, 0.1) is 18.1 Å². The lowest BCUT2D eigenvalue weighted by atomic mass is 10.2. The van der Waals surface area contributed by atoms with E-state index in [1.807, 2.05) is 24.4 Å². The fourth-order valence-corrected chi connectivity index (χ4v) is 0.972. The number of rotatable bonds is 1. The van der Waals surface area contributed by atoms with Crippen LogP contribution in [-0.2, 0) is 0 Å². The van der Waals surface area contributed by atoms with Gasteiger partial charge in [0.25, 0.3) is 0 Å². The first-order chi connectivity index (χ1) is 5.97. The topological polar surface area (TPSA) is 49.8 Å². The number of hydrazine groups is 1. The van der Waals surface area contributed by atoms with Crippen molar-refractivity contribution in [1.29, 1.82) is 0 Å². The second-order valence-electron chi connectivity index (χ2n) is 2.34. The van der Waals surface area contributed by atoms with Gasteiger partial charge in [-0.3, -0.25) is 0 Å². The predicted molar refractivity (Wildman–Crippen MR) is 45.4 cm³/mol. The van der Waals surface area contributed by atoms with E-state index in [0.29, 0.717) is 0 Å². The largest absolute Gasteiger partial charge is 0.308 e. The Bertz CT molecular complexity index is 315. The van der Waals surface area contributed by atoms with E-state index in [2.05, 4.69) is 21.0 Å². The van der Waals surface area contributed by atoms with Crippen LogP contribution >= 0.6 is 0 Å². The van der Waals surface area contributed by atoms with Crippen LogP contribution in [0.5, 0.6) is 0 Å². The van der Waals surface area contributed by atoms with Crippen LogP contribution in [0.2, 0.25) is 0 Å². The quantitative estimate of drug-likeness (QED) is 0.625. The van der Waals surface area contributed by atoms with Gasteiger partial charge in [0.15, 0.2) is 0 Å². The fourth-order valence-electron chi connectivity index (χ4n) is 0.972. The van der Waals surface area contributed by atoms with Crippen molar-refractivity contribution in [2.45, 2.75) is 0 Å². The van der Waals surface area contributed by atoms with E-state index >= 15 is 0 Å². The fraction of sp³-hybridized carbons (Fsp3) is 0. The van der Waals surface area contributed by atoms with Crippen LogP contribution in [-0.4, -0.2) is 10.2 Å². The SMILES string of the molecule is C1=CNNC(c2ccnnc2)=C1. The molecule has 4 heteroatoms. The van der Waals surface area contributed by atoms with Crippen molar-refractivity contribution in [2.24, 2.45) is 0 Å². The summed E-state index contributed by atoms with van der Waals surface area (Å²) in [5.41, 5.74) is 7.89. The molecule has 1 aromatic rings. The second-order valence-corrected chi connectivity index (χ2v) is 2.34. The monoisotopic (exact) mass is 160 g/mol. The average Bonchev–Trinajstić information content (AvgIpc) is 2.21. The smallest absolute Gasteiger partial charge is 0.0629 e. The Balaban J connectivity index is 2.31. The van der Waals surface area contributed by atoms with E-state index in [0.717, 1.165) is 11.3 Å². The highest BCUT2D eigenvalue weighted by molar-refractivity contribution is 5.64. The summed E-state index contributed by atoms with van der Waals surface area (Å²) in [6, 6.07) is 1.90. The van der Waals surface area contributed by atoms with E-state index in [-0.39, 0.29) is 0 Å². The highest BCUT2D eigenvalue weighted by Crippen LogP contribution is 2.08. The second kappa shape index (κ2) is 3.04. The van der Waals surface area contributed by atoms with Gasteiger partial charge in [0.1, 0.15) is 0 Å². The van der Waals surface area contributed by atoms with Crippen LogP contribution in [0.1, 0.15) is 5.56 Å². The van der Waals surface area contributed by atoms with E-state index in [9.17, 15) is 0 Å². The predicted octanol–water partition coefficient (Wildman–Crippen LogP) is 0.439. The molecule has 2 N–H and O–H groups in total. The minimum atomic E-state index is 0.993. The Morgan fingerprint density at radius 2 is 2.25 bits per heavy atom. The molecule has 0 amide bonds. The third kappa shape index (κ3) is 1.27. The highest BCUT2D eigenvalue weighted by Gasteiger charge is 2.00. The van der Waals surface area contributed by atoms with Crippen molar-refractivity contribution in [3.8, 4) is 0 Å². The van der Waals surface area contributed by atoms with Gasteiger partial charge >= 0.3 is 0 Å². The van der Waals surface area contributed by atoms with Gasteiger partial charge in [-0.05, 0) is 18.2 Å². The minimum absolute atomic E-state index is 0.993. The molecule has 0 fully saturated rings. The standard InChI is InChI=1S/C8H8N4/c1-2-8(12-10-4-1)7-3-5-9-11-6-7/h1-6,10,12H. The molecule has 0 atom stereocenters. The molecular weight excluding hydrogens is 152 g/mol. The molecule has 0 unspecified atom stereocenters. The van der Waals surface area contributed by atoms with Crippen molar-refractivity contribution >= 4 is 5.70 Å². The maximum atomic E-state index is 3.78. The Hall–Kier alpha value is -1.84. The molecule has 0 bridgehead atoms. The van der Waals surface area contributed by atoms with E-state index in [4.69, 9.17) is 0 Å². The van der Waals surface area contributed by atoms with Gasteiger partial charge in [-0.15, -0.1) is 0 Å². The zero-order valence-corrected chi connectivity index (χ0v) is 6.36. The molecule has 4 nitrogen and oxygen atoms in total. The molecule has 1 aromatic heterocycles. The van der Waals surface area contributed by atoms with E-state index < -0.39 is 0 Å². The van der Waals surface area contributed by atoms with Crippen molar-refractivity contribution in [2.75, 3.05) is 0 Å². The zero-order valence-electron chi connectivity index (χ0n) is 6.36. The first kappa shape index (κ1) is 6.84. The van der Waals surface area contributed by atoms with Gasteiger partial charge in [-0.25, -0.2) is 0 Å². The molecule has 1 aliphatic rings. The van der Waals surface area contributed by atoms with Crippen LogP contribution in [0.15, 0.2) is 36.8 Å². The van der Waals surface area contributed by atoms with Crippen LogP contribution < -0.4 is 10.9 Å². The summed E-state index contributed by atoms with van der Waals surface area (Å²) in [6.07, 6.45) is 9.08. The minimum Gasteiger partial charge on any atom is -0.308 e. The van der Waals surface area contributed by atoms with E-state index in [1.165, 1.54) is 0 Å². The summed E-state index contributed by atoms with van der Waals surface area (Å²) < 4.78 is 0. The van der Waals surface area contributed by atoms with Gasteiger partial charge in [0, 0.05) is 11.8 Å². The number of allylic oxidation sites excluding steroid dienone is 2. The third-order valence-corrected chi connectivity index (χ3v) is 1.54. The van der Waals surface area contributed by atoms with Gasteiger partial charge in [0.2, 0.25) is 0 Å². The maximum Gasteiger partial charge on any atom is 0.0629 e. The van der Waals surface area contributed by atoms with Gasteiger partial charge in [-0.2, -0.15) is 10.2 Å². The Morgan fingerprint density at radius 3 is 2.92 bits per heavy atom. The number of nitrogens with zero attached hydrogens (tertiary/aromatic N) is 2. The molecule has 2 rings (SSSR count). The maximum absolute atomic E-state index is 3.78. The number of hydrogen-bond donors (Lipinski definition) is 2. The summed E-state index contributed by atoms with van der Waals surface area (Å²) in [6.45, 7) is 0. The number of aromatic nitrogens is 2. The lowest BCUT2D eigenvalue weighted by molar-refractivity contribution is 0.785. The van der Waals surface area contributed by atoms with Crippen LogP contribution in [0, 0.1) is 0 Å². The zero-order chi connectivity index (χ0) is 8.23. The number of hydrogen-bond acceptors (Lipinski definition) is 4. The summed E-state index contributed by atoms with van der Waals surface area (Å²) in [5, 5.41) is 7.47. The van der Waals surface area contributed by atoms with Gasteiger partial charge < -0.3 is 10.9 Å². The molecule has 12 heavy (non-hydrogen) atoms.